The van der Waals surface area contributed by atoms with Crippen molar-refractivity contribution in [2.45, 2.75) is 13.0 Å². The Morgan fingerprint density at radius 3 is 2.62 bits per heavy atom. The summed E-state index contributed by atoms with van der Waals surface area (Å²) >= 11 is 0. The normalized spacial score (nSPS) is 9.94. The van der Waals surface area contributed by atoms with Crippen molar-refractivity contribution in [1.29, 1.82) is 0 Å². The smallest absolute Gasteiger partial charge is 0.225 e. The summed E-state index contributed by atoms with van der Waals surface area (Å²) in [7, 11) is 3.42. The number of aliphatic hydroxyl groups is 1. The minimum Gasteiger partial charge on any atom is -0.392 e. The molecule has 1 amide bonds. The van der Waals surface area contributed by atoms with E-state index in [1.54, 1.807) is 24.3 Å². The van der Waals surface area contributed by atoms with Crippen LogP contribution in [0, 0.1) is 0 Å². The topological polar surface area (TPSA) is 78.4 Å². The number of carbonyl (C=O) groups is 1. The van der Waals surface area contributed by atoms with Crippen molar-refractivity contribution in [3.8, 4) is 0 Å². The van der Waals surface area contributed by atoms with Crippen LogP contribution in [0.2, 0.25) is 0 Å². The second-order valence-corrected chi connectivity index (χ2v) is 3.39. The largest absolute Gasteiger partial charge is 0.392 e. The molecule has 1 rings (SSSR count). The molecule has 0 radical (unpaired) electrons. The molecule has 0 aliphatic carbocycles. The molecule has 0 fully saturated rings. The molecule has 1 aromatic rings. The van der Waals surface area contributed by atoms with Crippen molar-refractivity contribution in [3.63, 3.8) is 0 Å². The van der Waals surface area contributed by atoms with Gasteiger partial charge in [0, 0.05) is 45.0 Å². The number of amides is 1. The van der Waals surface area contributed by atoms with E-state index in [9.17, 15) is 4.79 Å². The summed E-state index contributed by atoms with van der Waals surface area (Å²) in [4.78, 5) is 21.0. The minimum atomic E-state index is -0.0672. The van der Waals surface area contributed by atoms with Crippen LogP contribution >= 0.6 is 0 Å². The summed E-state index contributed by atoms with van der Waals surface area (Å²) in [6.45, 7) is 0.486. The predicted molar refractivity (Wildman–Crippen MR) is 59.9 cm³/mol. The van der Waals surface area contributed by atoms with Crippen molar-refractivity contribution >= 4 is 11.9 Å². The molecule has 0 spiro atoms. The van der Waals surface area contributed by atoms with E-state index in [0.717, 1.165) is 0 Å². The quantitative estimate of drug-likeness (QED) is 0.707. The summed E-state index contributed by atoms with van der Waals surface area (Å²) in [5.41, 5.74) is 0.670. The third-order valence-electron chi connectivity index (χ3n) is 2.17. The average molecular weight is 224 g/mol. The van der Waals surface area contributed by atoms with Crippen LogP contribution < -0.4 is 10.2 Å². The third kappa shape index (κ3) is 3.47. The molecule has 0 bridgehead atoms. The first-order chi connectivity index (χ1) is 7.67. The molecule has 2 N–H and O–H groups in total. The predicted octanol–water partition coefficient (Wildman–Crippen LogP) is -0.459. The monoisotopic (exact) mass is 224 g/mol. The van der Waals surface area contributed by atoms with Gasteiger partial charge in [-0.3, -0.25) is 4.79 Å². The summed E-state index contributed by atoms with van der Waals surface area (Å²) in [5, 5.41) is 11.4. The fraction of sp³-hybridized carbons (Fsp3) is 0.500. The van der Waals surface area contributed by atoms with E-state index in [1.807, 2.05) is 7.05 Å². The lowest BCUT2D eigenvalue weighted by atomic mass is 10.3. The van der Waals surface area contributed by atoms with Crippen LogP contribution in [0.4, 0.5) is 5.95 Å². The standard InChI is InChI=1S/C10H16N4O2/c1-11-9(16)3-4-14(2)10-12-5-8(7-15)6-13-10/h5-6,15H,3-4,7H2,1-2H3,(H,11,16). The van der Waals surface area contributed by atoms with Gasteiger partial charge in [0.1, 0.15) is 0 Å². The Morgan fingerprint density at radius 2 is 2.12 bits per heavy atom. The zero-order valence-electron chi connectivity index (χ0n) is 9.47. The lowest BCUT2D eigenvalue weighted by Gasteiger charge is -2.16. The number of anilines is 1. The van der Waals surface area contributed by atoms with Crippen molar-refractivity contribution in [3.05, 3.63) is 18.0 Å². The van der Waals surface area contributed by atoms with E-state index in [-0.39, 0.29) is 12.5 Å². The Morgan fingerprint density at radius 1 is 1.50 bits per heavy atom. The molecular formula is C10H16N4O2. The van der Waals surface area contributed by atoms with Gasteiger partial charge in [-0.05, 0) is 0 Å². The number of nitrogens with one attached hydrogen (secondary N) is 1. The van der Waals surface area contributed by atoms with E-state index in [0.29, 0.717) is 24.5 Å². The highest BCUT2D eigenvalue weighted by atomic mass is 16.3. The number of carbonyl (C=O) groups excluding carboxylic acids is 1. The maximum atomic E-state index is 11.0. The van der Waals surface area contributed by atoms with Gasteiger partial charge in [-0.15, -0.1) is 0 Å². The van der Waals surface area contributed by atoms with E-state index >= 15 is 0 Å². The van der Waals surface area contributed by atoms with Crippen LogP contribution in [-0.2, 0) is 11.4 Å². The van der Waals surface area contributed by atoms with Crippen LogP contribution in [0.1, 0.15) is 12.0 Å². The number of hydrogen-bond donors (Lipinski definition) is 2. The summed E-state index contributed by atoms with van der Waals surface area (Å²) in [6, 6.07) is 0. The molecule has 0 aromatic carbocycles. The van der Waals surface area contributed by atoms with Gasteiger partial charge in [-0.2, -0.15) is 0 Å². The maximum absolute atomic E-state index is 11.0. The van der Waals surface area contributed by atoms with Crippen molar-refractivity contribution in [1.82, 2.24) is 15.3 Å². The number of aromatic nitrogens is 2. The molecule has 0 aliphatic heterocycles. The van der Waals surface area contributed by atoms with E-state index in [4.69, 9.17) is 5.11 Å². The molecular weight excluding hydrogens is 208 g/mol. The molecule has 0 saturated heterocycles. The average Bonchev–Trinajstić information content (AvgIpc) is 2.35. The Hall–Kier alpha value is -1.69. The molecule has 0 aliphatic rings. The maximum Gasteiger partial charge on any atom is 0.225 e. The highest BCUT2D eigenvalue weighted by Gasteiger charge is 2.06. The molecule has 1 heterocycles. The van der Waals surface area contributed by atoms with Crippen LogP contribution in [0.25, 0.3) is 0 Å². The van der Waals surface area contributed by atoms with Crippen molar-refractivity contribution in [2.24, 2.45) is 0 Å². The SMILES string of the molecule is CNC(=O)CCN(C)c1ncc(CO)cn1. The number of nitrogens with zero attached hydrogens (tertiary/aromatic N) is 3. The molecule has 88 valence electrons. The summed E-state index contributed by atoms with van der Waals surface area (Å²) < 4.78 is 0. The van der Waals surface area contributed by atoms with E-state index in [1.165, 1.54) is 0 Å². The van der Waals surface area contributed by atoms with Crippen LogP contribution in [0.15, 0.2) is 12.4 Å². The Bertz CT molecular complexity index is 339. The number of rotatable bonds is 5. The summed E-state index contributed by atoms with van der Waals surface area (Å²) in [5.74, 6) is 0.528. The third-order valence-corrected chi connectivity index (χ3v) is 2.17. The highest BCUT2D eigenvalue weighted by molar-refractivity contribution is 5.76. The zero-order chi connectivity index (χ0) is 12.0. The van der Waals surface area contributed by atoms with Gasteiger partial charge in [0.25, 0.3) is 0 Å². The van der Waals surface area contributed by atoms with Gasteiger partial charge < -0.3 is 15.3 Å². The minimum absolute atomic E-state index is 0.0150. The Labute approximate surface area is 94.3 Å². The van der Waals surface area contributed by atoms with E-state index in [2.05, 4.69) is 15.3 Å². The van der Waals surface area contributed by atoms with Gasteiger partial charge in [0.15, 0.2) is 0 Å². The van der Waals surface area contributed by atoms with Gasteiger partial charge in [0.05, 0.1) is 6.61 Å². The molecule has 6 heteroatoms. The van der Waals surface area contributed by atoms with Gasteiger partial charge in [-0.25, -0.2) is 9.97 Å². The van der Waals surface area contributed by atoms with Crippen LogP contribution in [-0.4, -0.2) is 41.6 Å². The molecule has 16 heavy (non-hydrogen) atoms. The van der Waals surface area contributed by atoms with E-state index < -0.39 is 0 Å². The van der Waals surface area contributed by atoms with Crippen molar-refractivity contribution < 1.29 is 9.90 Å². The molecule has 1 aromatic heterocycles. The number of aliphatic hydroxyl groups excluding tert-OH is 1. The first-order valence-corrected chi connectivity index (χ1v) is 5.01. The fourth-order valence-corrected chi connectivity index (χ4v) is 1.12. The second-order valence-electron chi connectivity index (χ2n) is 3.39. The summed E-state index contributed by atoms with van der Waals surface area (Å²) in [6.07, 6.45) is 3.54. The van der Waals surface area contributed by atoms with Gasteiger partial charge in [0.2, 0.25) is 11.9 Å². The molecule has 0 atom stereocenters. The molecule has 0 unspecified atom stereocenters. The van der Waals surface area contributed by atoms with Gasteiger partial charge in [-0.1, -0.05) is 0 Å². The molecule has 6 nitrogen and oxygen atoms in total. The van der Waals surface area contributed by atoms with Gasteiger partial charge >= 0.3 is 0 Å². The Kier molecular flexibility index (Phi) is 4.65. The van der Waals surface area contributed by atoms with Crippen molar-refractivity contribution in [2.75, 3.05) is 25.5 Å². The Balaban J connectivity index is 2.52. The molecule has 0 saturated carbocycles. The second kappa shape index (κ2) is 6.02. The highest BCUT2D eigenvalue weighted by Crippen LogP contribution is 2.05. The zero-order valence-corrected chi connectivity index (χ0v) is 9.47. The number of hydrogen-bond acceptors (Lipinski definition) is 5. The fourth-order valence-electron chi connectivity index (χ4n) is 1.12. The first-order valence-electron chi connectivity index (χ1n) is 5.01. The lowest BCUT2D eigenvalue weighted by Crippen LogP contribution is -2.27. The van der Waals surface area contributed by atoms with Crippen LogP contribution in [0.5, 0.6) is 0 Å². The van der Waals surface area contributed by atoms with Crippen LogP contribution in [0.3, 0.4) is 0 Å². The lowest BCUT2D eigenvalue weighted by molar-refractivity contribution is -0.120. The first kappa shape index (κ1) is 12.4.